The van der Waals surface area contributed by atoms with Gasteiger partial charge in [0.05, 0.1) is 16.4 Å². The second-order valence-corrected chi connectivity index (χ2v) is 9.48. The Morgan fingerprint density at radius 2 is 1.65 bits per heavy atom. The Balaban J connectivity index is 1.23. The van der Waals surface area contributed by atoms with E-state index in [4.69, 9.17) is 0 Å². The highest BCUT2D eigenvalue weighted by Gasteiger charge is 2.20. The average molecular weight is 527 g/mol. The maximum absolute atomic E-state index is 16.2. The summed E-state index contributed by atoms with van der Waals surface area (Å²) in [6, 6.07) is 21.5. The quantitative estimate of drug-likeness (QED) is 0.233. The van der Waals surface area contributed by atoms with E-state index >= 15 is 4.39 Å². The van der Waals surface area contributed by atoms with Crippen molar-refractivity contribution in [1.29, 1.82) is 0 Å². The van der Waals surface area contributed by atoms with Crippen molar-refractivity contribution in [3.8, 4) is 33.8 Å². The largest absolute Gasteiger partial charge is 0.335 e. The third kappa shape index (κ3) is 4.38. The van der Waals surface area contributed by atoms with Crippen LogP contribution in [0.2, 0.25) is 0 Å². The number of nitrogens with one attached hydrogen (secondary N) is 3. The zero-order chi connectivity index (χ0) is 26.9. The minimum absolute atomic E-state index is 0.354. The Kier molecular flexibility index (Phi) is 6.02. The van der Waals surface area contributed by atoms with Crippen LogP contribution in [0.1, 0.15) is 11.1 Å². The Morgan fingerprint density at radius 1 is 0.775 bits per heavy atom. The van der Waals surface area contributed by atoms with Crippen molar-refractivity contribution >= 4 is 22.1 Å². The third-order valence-corrected chi connectivity index (χ3v) is 6.86. The molecule has 3 N–H and O–H groups in total. The van der Waals surface area contributed by atoms with Crippen LogP contribution in [0.15, 0.2) is 97.7 Å². The Morgan fingerprint density at radius 3 is 2.52 bits per heavy atom. The van der Waals surface area contributed by atoms with Crippen LogP contribution in [0.3, 0.4) is 0 Å². The van der Waals surface area contributed by atoms with E-state index in [2.05, 4.69) is 52.6 Å². The summed E-state index contributed by atoms with van der Waals surface area (Å²) in [6.45, 7) is 1.35. The molecule has 0 aliphatic rings. The van der Waals surface area contributed by atoms with Gasteiger partial charge in [-0.2, -0.15) is 5.10 Å². The van der Waals surface area contributed by atoms with E-state index in [1.807, 2.05) is 48.5 Å². The van der Waals surface area contributed by atoms with Gasteiger partial charge < -0.3 is 10.3 Å². The van der Waals surface area contributed by atoms with Gasteiger partial charge in [-0.05, 0) is 41.5 Å². The van der Waals surface area contributed by atoms with Crippen molar-refractivity contribution in [2.24, 2.45) is 0 Å². The highest BCUT2D eigenvalue weighted by molar-refractivity contribution is 5.97. The zero-order valence-corrected chi connectivity index (χ0v) is 21.3. The molecular formula is C31H23FN8. The van der Waals surface area contributed by atoms with Crippen molar-refractivity contribution in [1.82, 2.24) is 40.4 Å². The lowest BCUT2D eigenvalue weighted by atomic mass is 10.0. The van der Waals surface area contributed by atoms with Crippen LogP contribution < -0.4 is 5.32 Å². The molecule has 0 saturated heterocycles. The standard InChI is InChI=1S/C31H23FN8/c32-27-23(22-13-20(16-35-18-22)15-34-14-19-5-2-1-3-6-19)8-9-25-26(27)29(40-39-25)31-37-28-24(10-12-36-30(28)38-31)21-7-4-11-33-17-21/h1-13,16-18,34H,14-15H2,(H,39,40)(H,36,37,38). The predicted octanol–water partition coefficient (Wildman–Crippen LogP) is 6.05. The van der Waals surface area contributed by atoms with E-state index in [-0.39, 0.29) is 0 Å². The van der Waals surface area contributed by atoms with Gasteiger partial charge in [-0.25, -0.2) is 14.4 Å². The van der Waals surface area contributed by atoms with Gasteiger partial charge in [0.2, 0.25) is 0 Å². The van der Waals surface area contributed by atoms with Gasteiger partial charge >= 0.3 is 0 Å². The Hall–Kier alpha value is -5.28. The molecule has 5 heterocycles. The molecule has 7 rings (SSSR count). The van der Waals surface area contributed by atoms with Gasteiger partial charge in [0, 0.05) is 66.3 Å². The zero-order valence-electron chi connectivity index (χ0n) is 21.3. The lowest BCUT2D eigenvalue weighted by Crippen LogP contribution is -2.12. The van der Waals surface area contributed by atoms with Crippen LogP contribution in [0.5, 0.6) is 0 Å². The van der Waals surface area contributed by atoms with E-state index in [9.17, 15) is 0 Å². The van der Waals surface area contributed by atoms with Crippen molar-refractivity contribution < 1.29 is 4.39 Å². The highest BCUT2D eigenvalue weighted by atomic mass is 19.1. The van der Waals surface area contributed by atoms with Crippen molar-refractivity contribution in [3.63, 3.8) is 0 Å². The molecule has 0 saturated carbocycles. The number of aromatic nitrogens is 7. The summed E-state index contributed by atoms with van der Waals surface area (Å²) in [4.78, 5) is 21.0. The number of halogens is 1. The monoisotopic (exact) mass is 526 g/mol. The number of benzene rings is 2. The SMILES string of the molecule is Fc1c(-c2cncc(CNCc3ccccc3)c2)ccc2[nH]nc(-c3nc4nccc(-c5cccnc5)c4[nH]3)c12. The first kappa shape index (κ1) is 23.8. The molecule has 0 spiro atoms. The summed E-state index contributed by atoms with van der Waals surface area (Å²) in [7, 11) is 0. The number of pyridine rings is 3. The number of hydrogen-bond donors (Lipinski definition) is 3. The van der Waals surface area contributed by atoms with Crippen molar-refractivity contribution in [2.75, 3.05) is 0 Å². The van der Waals surface area contributed by atoms with Crippen LogP contribution >= 0.6 is 0 Å². The molecule has 8 nitrogen and oxygen atoms in total. The van der Waals surface area contributed by atoms with E-state index < -0.39 is 5.82 Å². The fourth-order valence-electron chi connectivity index (χ4n) is 4.93. The van der Waals surface area contributed by atoms with E-state index in [0.29, 0.717) is 45.7 Å². The van der Waals surface area contributed by atoms with E-state index in [1.54, 1.807) is 37.1 Å². The fraction of sp³-hybridized carbons (Fsp3) is 0.0645. The summed E-state index contributed by atoms with van der Waals surface area (Å²) in [6.07, 6.45) is 8.68. The van der Waals surface area contributed by atoms with Gasteiger partial charge in [-0.1, -0.05) is 36.4 Å². The van der Waals surface area contributed by atoms with Crippen molar-refractivity contribution in [3.05, 3.63) is 115 Å². The van der Waals surface area contributed by atoms with E-state index in [1.165, 1.54) is 5.56 Å². The Bertz CT molecular complexity index is 1950. The molecule has 9 heteroatoms. The number of nitrogens with zero attached hydrogens (tertiary/aromatic N) is 5. The number of fused-ring (bicyclic) bond motifs is 2. The van der Waals surface area contributed by atoms with E-state index in [0.717, 1.165) is 28.8 Å². The summed E-state index contributed by atoms with van der Waals surface area (Å²) in [5.74, 6) is 0.0384. The Labute approximate surface area is 228 Å². The van der Waals surface area contributed by atoms with Gasteiger partial charge in [0.25, 0.3) is 0 Å². The molecule has 0 aliphatic carbocycles. The first-order valence-corrected chi connectivity index (χ1v) is 12.9. The van der Waals surface area contributed by atoms with Crippen LogP contribution in [0.25, 0.3) is 55.8 Å². The molecule has 0 radical (unpaired) electrons. The van der Waals surface area contributed by atoms with Crippen LogP contribution in [0, 0.1) is 5.82 Å². The lowest BCUT2D eigenvalue weighted by Gasteiger charge is -2.09. The van der Waals surface area contributed by atoms with Crippen LogP contribution in [-0.4, -0.2) is 35.1 Å². The van der Waals surface area contributed by atoms with Crippen LogP contribution in [0.4, 0.5) is 4.39 Å². The van der Waals surface area contributed by atoms with Gasteiger partial charge in [-0.15, -0.1) is 0 Å². The molecule has 0 amide bonds. The number of aromatic amines is 2. The smallest absolute Gasteiger partial charge is 0.178 e. The second-order valence-electron chi connectivity index (χ2n) is 9.48. The van der Waals surface area contributed by atoms with Crippen molar-refractivity contribution in [2.45, 2.75) is 13.1 Å². The molecule has 0 fully saturated rings. The molecular weight excluding hydrogens is 503 g/mol. The topological polar surface area (TPSA) is 108 Å². The minimum atomic E-state index is -0.390. The minimum Gasteiger partial charge on any atom is -0.335 e. The first-order valence-electron chi connectivity index (χ1n) is 12.9. The molecule has 0 unspecified atom stereocenters. The van der Waals surface area contributed by atoms with Gasteiger partial charge in [0.1, 0.15) is 11.5 Å². The number of hydrogen-bond acceptors (Lipinski definition) is 6. The molecule has 40 heavy (non-hydrogen) atoms. The summed E-state index contributed by atoms with van der Waals surface area (Å²) < 4.78 is 16.2. The fourth-order valence-corrected chi connectivity index (χ4v) is 4.93. The van der Waals surface area contributed by atoms with Crippen LogP contribution in [-0.2, 0) is 13.1 Å². The molecule has 2 aromatic carbocycles. The third-order valence-electron chi connectivity index (χ3n) is 6.86. The molecule has 0 aliphatic heterocycles. The summed E-state index contributed by atoms with van der Waals surface area (Å²) in [5, 5.41) is 11.1. The molecule has 194 valence electrons. The maximum atomic E-state index is 16.2. The lowest BCUT2D eigenvalue weighted by molar-refractivity contribution is 0.643. The average Bonchev–Trinajstić information content (AvgIpc) is 3.63. The molecule has 5 aromatic heterocycles. The number of imidazole rings is 1. The number of H-pyrrole nitrogens is 2. The second kappa shape index (κ2) is 10.1. The molecule has 0 bridgehead atoms. The summed E-state index contributed by atoms with van der Waals surface area (Å²) in [5.41, 5.74) is 7.34. The van der Waals surface area contributed by atoms with Gasteiger partial charge in [0.15, 0.2) is 11.5 Å². The van der Waals surface area contributed by atoms with Gasteiger partial charge in [-0.3, -0.25) is 15.1 Å². The maximum Gasteiger partial charge on any atom is 0.178 e. The highest BCUT2D eigenvalue weighted by Crippen LogP contribution is 2.35. The summed E-state index contributed by atoms with van der Waals surface area (Å²) >= 11 is 0. The molecule has 7 aromatic rings. The predicted molar refractivity (Wildman–Crippen MR) is 152 cm³/mol. The number of rotatable bonds is 7. The normalized spacial score (nSPS) is 11.4. The first-order chi connectivity index (χ1) is 19.7. The molecule has 0 atom stereocenters.